The number of nitrogens with zero attached hydrogens (tertiary/aromatic N) is 1. The predicted octanol–water partition coefficient (Wildman–Crippen LogP) is 4.75. The molecule has 1 heterocycles. The minimum atomic E-state index is -0.00144. The second-order valence-electron chi connectivity index (χ2n) is 6.64. The highest BCUT2D eigenvalue weighted by Crippen LogP contribution is 2.36. The van der Waals surface area contributed by atoms with Crippen LogP contribution in [0.3, 0.4) is 0 Å². The average molecular weight is 318 g/mol. The molecule has 3 nitrogen and oxygen atoms in total. The van der Waals surface area contributed by atoms with Crippen LogP contribution in [0.15, 0.2) is 60.7 Å². The van der Waals surface area contributed by atoms with Crippen molar-refractivity contribution in [2.75, 3.05) is 10.2 Å². The van der Waals surface area contributed by atoms with E-state index in [9.17, 15) is 4.79 Å². The molecule has 0 fully saturated rings. The molecule has 0 saturated heterocycles. The number of carbonyl (C=O) groups excluding carboxylic acids is 1. The molecule has 3 heteroatoms. The fourth-order valence-electron chi connectivity index (χ4n) is 3.80. The predicted molar refractivity (Wildman–Crippen MR) is 98.3 cm³/mol. The van der Waals surface area contributed by atoms with Crippen molar-refractivity contribution in [2.24, 2.45) is 5.92 Å². The molecular weight excluding hydrogens is 296 g/mol. The van der Waals surface area contributed by atoms with Crippen LogP contribution in [0.1, 0.15) is 35.2 Å². The van der Waals surface area contributed by atoms with Crippen LogP contribution in [0, 0.1) is 12.8 Å². The normalized spacial score (nSPS) is 22.9. The largest absolute Gasteiger partial charge is 0.364 e. The molecular formula is C21H22N2O. The summed E-state index contributed by atoms with van der Waals surface area (Å²) in [5.41, 5.74) is 3.84. The number of aryl methyl sites for hydroxylation is 1. The number of allylic oxidation sites excluding steroid dienone is 2. The van der Waals surface area contributed by atoms with Crippen molar-refractivity contribution in [1.82, 2.24) is 0 Å². The van der Waals surface area contributed by atoms with Crippen LogP contribution in [-0.4, -0.2) is 12.1 Å². The highest BCUT2D eigenvalue weighted by molar-refractivity contribution is 6.12. The van der Waals surface area contributed by atoms with Crippen molar-refractivity contribution in [3.63, 3.8) is 0 Å². The number of hydrogen-bond acceptors (Lipinski definition) is 2. The number of amides is 1. The SMILES string of the molecule is Cc1ccccc1N1C(=O)c2ccccc2NC1C1CC=CCC1. The Hall–Kier alpha value is -2.55. The Balaban J connectivity index is 1.81. The summed E-state index contributed by atoms with van der Waals surface area (Å²) < 4.78 is 0. The Labute approximate surface area is 143 Å². The van der Waals surface area contributed by atoms with E-state index < -0.39 is 0 Å². The van der Waals surface area contributed by atoms with Gasteiger partial charge in [0.2, 0.25) is 0 Å². The number of hydrogen-bond donors (Lipinski definition) is 1. The standard InChI is InChI=1S/C21H22N2O/c1-15-9-5-8-14-19(15)23-20(16-10-3-2-4-11-16)22-18-13-7-6-12-17(18)21(23)24/h2-3,5-9,12-14,16,20,22H,4,10-11H2,1H3. The van der Waals surface area contributed by atoms with Gasteiger partial charge in [0.25, 0.3) is 5.91 Å². The minimum Gasteiger partial charge on any atom is -0.364 e. The van der Waals surface area contributed by atoms with Crippen LogP contribution >= 0.6 is 0 Å². The molecule has 24 heavy (non-hydrogen) atoms. The molecule has 122 valence electrons. The summed E-state index contributed by atoms with van der Waals surface area (Å²) in [6.07, 6.45) is 7.68. The van der Waals surface area contributed by atoms with Crippen molar-refractivity contribution in [3.05, 3.63) is 71.8 Å². The minimum absolute atomic E-state index is 0.00144. The lowest BCUT2D eigenvalue weighted by Gasteiger charge is -2.43. The van der Waals surface area contributed by atoms with E-state index in [1.54, 1.807) is 0 Å². The van der Waals surface area contributed by atoms with Crippen LogP contribution < -0.4 is 10.2 Å². The Morgan fingerprint density at radius 3 is 2.62 bits per heavy atom. The summed E-state index contributed by atoms with van der Waals surface area (Å²) in [7, 11) is 0. The third-order valence-electron chi connectivity index (χ3n) is 5.09. The van der Waals surface area contributed by atoms with Gasteiger partial charge >= 0.3 is 0 Å². The van der Waals surface area contributed by atoms with E-state index in [-0.39, 0.29) is 12.1 Å². The molecule has 0 radical (unpaired) electrons. The summed E-state index contributed by atoms with van der Waals surface area (Å²) in [6, 6.07) is 16.0. The van der Waals surface area contributed by atoms with Crippen molar-refractivity contribution in [3.8, 4) is 0 Å². The third-order valence-corrected chi connectivity index (χ3v) is 5.09. The van der Waals surface area contributed by atoms with Gasteiger partial charge in [-0.3, -0.25) is 9.69 Å². The number of rotatable bonds is 2. The van der Waals surface area contributed by atoms with E-state index in [1.165, 1.54) is 0 Å². The van der Waals surface area contributed by atoms with E-state index in [0.717, 1.165) is 41.8 Å². The van der Waals surface area contributed by atoms with Crippen LogP contribution in [0.4, 0.5) is 11.4 Å². The summed E-state index contributed by atoms with van der Waals surface area (Å²) in [6.45, 7) is 2.07. The third kappa shape index (κ3) is 2.50. The smallest absolute Gasteiger partial charge is 0.262 e. The number of anilines is 2. The van der Waals surface area contributed by atoms with Gasteiger partial charge in [-0.1, -0.05) is 42.5 Å². The zero-order valence-electron chi connectivity index (χ0n) is 13.9. The van der Waals surface area contributed by atoms with Gasteiger partial charge in [0.05, 0.1) is 5.56 Å². The first-order valence-corrected chi connectivity index (χ1v) is 8.65. The Kier molecular flexibility index (Phi) is 3.85. The van der Waals surface area contributed by atoms with Gasteiger partial charge in [0.15, 0.2) is 0 Å². The number of para-hydroxylation sites is 2. The summed E-state index contributed by atoms with van der Waals surface area (Å²) in [5, 5.41) is 3.64. The van der Waals surface area contributed by atoms with Crippen molar-refractivity contribution >= 4 is 17.3 Å². The first-order chi connectivity index (χ1) is 11.8. The fraction of sp³-hybridized carbons (Fsp3) is 0.286. The zero-order chi connectivity index (χ0) is 16.5. The number of fused-ring (bicyclic) bond motifs is 1. The van der Waals surface area contributed by atoms with Crippen molar-refractivity contribution in [1.29, 1.82) is 0 Å². The van der Waals surface area contributed by atoms with Gasteiger partial charge in [-0.15, -0.1) is 0 Å². The molecule has 0 spiro atoms. The van der Waals surface area contributed by atoms with Crippen LogP contribution in [0.25, 0.3) is 0 Å². The molecule has 0 saturated carbocycles. The van der Waals surface area contributed by atoms with Gasteiger partial charge < -0.3 is 5.32 Å². The van der Waals surface area contributed by atoms with Crippen LogP contribution in [0.5, 0.6) is 0 Å². The van der Waals surface area contributed by atoms with Crippen LogP contribution in [-0.2, 0) is 0 Å². The van der Waals surface area contributed by atoms with Crippen LogP contribution in [0.2, 0.25) is 0 Å². The topological polar surface area (TPSA) is 32.3 Å². The lowest BCUT2D eigenvalue weighted by atomic mass is 9.88. The molecule has 0 aromatic heterocycles. The molecule has 2 aromatic carbocycles. The molecule has 2 atom stereocenters. The second-order valence-corrected chi connectivity index (χ2v) is 6.64. The number of benzene rings is 2. The Morgan fingerprint density at radius 2 is 1.83 bits per heavy atom. The van der Waals surface area contributed by atoms with Gasteiger partial charge in [0.1, 0.15) is 6.17 Å². The maximum absolute atomic E-state index is 13.3. The molecule has 2 aliphatic rings. The average Bonchev–Trinajstić information content (AvgIpc) is 2.63. The monoisotopic (exact) mass is 318 g/mol. The maximum Gasteiger partial charge on any atom is 0.262 e. The summed E-state index contributed by atoms with van der Waals surface area (Å²) in [4.78, 5) is 15.3. The molecule has 4 rings (SSSR count). The first-order valence-electron chi connectivity index (χ1n) is 8.65. The van der Waals surface area contributed by atoms with E-state index in [2.05, 4.69) is 36.5 Å². The molecule has 1 aliphatic carbocycles. The van der Waals surface area contributed by atoms with Gasteiger partial charge in [-0.25, -0.2) is 0 Å². The highest BCUT2D eigenvalue weighted by atomic mass is 16.2. The lowest BCUT2D eigenvalue weighted by molar-refractivity contribution is 0.0964. The number of nitrogens with one attached hydrogen (secondary N) is 1. The summed E-state index contributed by atoms with van der Waals surface area (Å²) in [5.74, 6) is 0.519. The first kappa shape index (κ1) is 15.0. The van der Waals surface area contributed by atoms with Crippen molar-refractivity contribution in [2.45, 2.75) is 32.4 Å². The number of carbonyl (C=O) groups is 1. The Morgan fingerprint density at radius 1 is 1.04 bits per heavy atom. The fourth-order valence-corrected chi connectivity index (χ4v) is 3.80. The maximum atomic E-state index is 13.3. The molecule has 1 aliphatic heterocycles. The van der Waals surface area contributed by atoms with E-state index in [4.69, 9.17) is 0 Å². The molecule has 1 amide bonds. The van der Waals surface area contributed by atoms with E-state index in [0.29, 0.717) is 5.92 Å². The molecule has 0 bridgehead atoms. The molecule has 2 aromatic rings. The summed E-state index contributed by atoms with van der Waals surface area (Å²) >= 11 is 0. The van der Waals surface area contributed by atoms with Gasteiger partial charge in [-0.05, 0) is 49.9 Å². The molecule has 2 unspecified atom stereocenters. The highest BCUT2D eigenvalue weighted by Gasteiger charge is 2.37. The second kappa shape index (κ2) is 6.16. The van der Waals surface area contributed by atoms with Crippen molar-refractivity contribution < 1.29 is 4.79 Å². The zero-order valence-corrected chi connectivity index (χ0v) is 13.9. The van der Waals surface area contributed by atoms with E-state index in [1.807, 2.05) is 41.3 Å². The lowest BCUT2D eigenvalue weighted by Crippen LogP contribution is -2.53. The quantitative estimate of drug-likeness (QED) is 0.810. The Bertz CT molecular complexity index is 796. The van der Waals surface area contributed by atoms with E-state index >= 15 is 0 Å². The molecule has 1 N–H and O–H groups in total. The van der Waals surface area contributed by atoms with Gasteiger partial charge in [0, 0.05) is 17.3 Å². The van der Waals surface area contributed by atoms with Gasteiger partial charge in [-0.2, -0.15) is 0 Å².